The molecule has 0 spiro atoms. The Morgan fingerprint density at radius 2 is 2.00 bits per heavy atom. The van der Waals surface area contributed by atoms with Crippen molar-refractivity contribution >= 4 is 12.2 Å². The van der Waals surface area contributed by atoms with Crippen LogP contribution < -0.4 is 0 Å². The van der Waals surface area contributed by atoms with Crippen LogP contribution in [0.3, 0.4) is 0 Å². The highest BCUT2D eigenvalue weighted by Crippen LogP contribution is 2.19. The standard InChI is InChI=1S/C8H13NO2/c9-6-8(10)11-7-4-2-1-3-5-7/h6-7,9H,1-5H2. The molecule has 0 radical (unpaired) electrons. The van der Waals surface area contributed by atoms with Crippen molar-refractivity contribution in [1.29, 1.82) is 5.41 Å². The first-order chi connectivity index (χ1) is 5.33. The van der Waals surface area contributed by atoms with E-state index in [1.54, 1.807) is 0 Å². The lowest BCUT2D eigenvalue weighted by molar-refractivity contribution is -0.141. The molecule has 62 valence electrons. The molecule has 0 bridgehead atoms. The molecular weight excluding hydrogens is 142 g/mol. The molecule has 0 saturated heterocycles. The molecule has 0 aromatic heterocycles. The van der Waals surface area contributed by atoms with Crippen molar-refractivity contribution in [2.24, 2.45) is 0 Å². The van der Waals surface area contributed by atoms with Gasteiger partial charge in [0.1, 0.15) is 12.3 Å². The minimum absolute atomic E-state index is 0.0813. The van der Waals surface area contributed by atoms with E-state index in [0.29, 0.717) is 0 Å². The molecular formula is C8H13NO2. The predicted octanol–water partition coefficient (Wildman–Crippen LogP) is 1.51. The zero-order valence-electron chi connectivity index (χ0n) is 6.51. The molecule has 1 fully saturated rings. The summed E-state index contributed by atoms with van der Waals surface area (Å²) in [5, 5.41) is 6.63. The van der Waals surface area contributed by atoms with E-state index in [2.05, 4.69) is 0 Å². The van der Waals surface area contributed by atoms with Crippen LogP contribution in [0.5, 0.6) is 0 Å². The average molecular weight is 155 g/mol. The Balaban J connectivity index is 2.24. The Morgan fingerprint density at radius 3 is 2.55 bits per heavy atom. The smallest absolute Gasteiger partial charge is 0.348 e. The molecule has 0 amide bonds. The quantitative estimate of drug-likeness (QED) is 0.485. The third-order valence-electron chi connectivity index (χ3n) is 1.95. The Kier molecular flexibility index (Phi) is 3.08. The Morgan fingerprint density at radius 1 is 1.36 bits per heavy atom. The number of carbonyl (C=O) groups excluding carboxylic acids is 1. The van der Waals surface area contributed by atoms with Crippen LogP contribution in [0.2, 0.25) is 0 Å². The van der Waals surface area contributed by atoms with Crippen LogP contribution in [0, 0.1) is 5.41 Å². The number of ether oxygens (including phenoxy) is 1. The largest absolute Gasteiger partial charge is 0.458 e. The fourth-order valence-electron chi connectivity index (χ4n) is 1.38. The molecule has 0 heterocycles. The lowest BCUT2D eigenvalue weighted by Crippen LogP contribution is -2.21. The number of esters is 1. The normalized spacial score (nSPS) is 19.3. The van der Waals surface area contributed by atoms with Gasteiger partial charge in [-0.3, -0.25) is 0 Å². The fraction of sp³-hybridized carbons (Fsp3) is 0.750. The van der Waals surface area contributed by atoms with Gasteiger partial charge in [0.05, 0.1) is 0 Å². The highest BCUT2D eigenvalue weighted by atomic mass is 16.5. The molecule has 0 unspecified atom stereocenters. The van der Waals surface area contributed by atoms with Gasteiger partial charge in [-0.15, -0.1) is 0 Å². The number of hydrogen-bond donors (Lipinski definition) is 1. The topological polar surface area (TPSA) is 50.2 Å². The van der Waals surface area contributed by atoms with E-state index in [-0.39, 0.29) is 6.10 Å². The minimum Gasteiger partial charge on any atom is -0.458 e. The van der Waals surface area contributed by atoms with Gasteiger partial charge in [0.2, 0.25) is 0 Å². The van der Waals surface area contributed by atoms with Crippen LogP contribution >= 0.6 is 0 Å². The molecule has 0 atom stereocenters. The van der Waals surface area contributed by atoms with Crippen LogP contribution in [0.25, 0.3) is 0 Å². The molecule has 3 heteroatoms. The first kappa shape index (κ1) is 8.24. The molecule has 1 saturated carbocycles. The molecule has 0 aromatic rings. The second kappa shape index (κ2) is 4.11. The molecule has 3 nitrogen and oxygen atoms in total. The summed E-state index contributed by atoms with van der Waals surface area (Å²) in [6, 6.07) is 0. The monoisotopic (exact) mass is 155 g/mol. The van der Waals surface area contributed by atoms with Gasteiger partial charge in [-0.2, -0.15) is 0 Å². The maximum absolute atomic E-state index is 10.6. The van der Waals surface area contributed by atoms with Crippen molar-refractivity contribution in [2.45, 2.75) is 38.2 Å². The Bertz CT molecular complexity index is 150. The van der Waals surface area contributed by atoms with Gasteiger partial charge in [0.25, 0.3) is 0 Å². The van der Waals surface area contributed by atoms with E-state index < -0.39 is 5.97 Å². The summed E-state index contributed by atoms with van der Waals surface area (Å²) in [5.41, 5.74) is 0. The van der Waals surface area contributed by atoms with Crippen molar-refractivity contribution in [3.05, 3.63) is 0 Å². The molecule has 11 heavy (non-hydrogen) atoms. The zero-order valence-corrected chi connectivity index (χ0v) is 6.51. The van der Waals surface area contributed by atoms with Crippen molar-refractivity contribution < 1.29 is 9.53 Å². The molecule has 1 aliphatic carbocycles. The summed E-state index contributed by atoms with van der Waals surface area (Å²) in [6.07, 6.45) is 6.30. The van der Waals surface area contributed by atoms with E-state index in [4.69, 9.17) is 10.1 Å². The summed E-state index contributed by atoms with van der Waals surface area (Å²) < 4.78 is 4.96. The molecule has 0 aliphatic heterocycles. The summed E-state index contributed by atoms with van der Waals surface area (Å²) in [6.45, 7) is 0. The third kappa shape index (κ3) is 2.70. The van der Waals surface area contributed by atoms with Crippen molar-refractivity contribution in [1.82, 2.24) is 0 Å². The van der Waals surface area contributed by atoms with Crippen LogP contribution in [0.4, 0.5) is 0 Å². The SMILES string of the molecule is N=CC(=O)OC1CCCCC1. The highest BCUT2D eigenvalue weighted by molar-refractivity contribution is 6.21. The Hall–Kier alpha value is -0.860. The van der Waals surface area contributed by atoms with E-state index in [9.17, 15) is 4.79 Å². The summed E-state index contributed by atoms with van der Waals surface area (Å²) >= 11 is 0. The predicted molar refractivity (Wildman–Crippen MR) is 41.7 cm³/mol. The number of nitrogens with one attached hydrogen (secondary N) is 1. The van der Waals surface area contributed by atoms with Crippen molar-refractivity contribution in [3.8, 4) is 0 Å². The number of carbonyl (C=O) groups is 1. The number of rotatable bonds is 2. The van der Waals surface area contributed by atoms with Gasteiger partial charge in [-0.05, 0) is 25.7 Å². The average Bonchev–Trinajstić information content (AvgIpc) is 2.06. The molecule has 1 rings (SSSR count). The van der Waals surface area contributed by atoms with Crippen molar-refractivity contribution in [3.63, 3.8) is 0 Å². The summed E-state index contributed by atoms with van der Waals surface area (Å²) in [5.74, 6) is -0.503. The van der Waals surface area contributed by atoms with Gasteiger partial charge in [-0.25, -0.2) is 4.79 Å². The second-order valence-electron chi connectivity index (χ2n) is 2.84. The molecule has 0 aromatic carbocycles. The van der Waals surface area contributed by atoms with E-state index in [0.717, 1.165) is 31.9 Å². The third-order valence-corrected chi connectivity index (χ3v) is 1.95. The molecule has 1 aliphatic rings. The fourth-order valence-corrected chi connectivity index (χ4v) is 1.38. The number of hydrogen-bond acceptors (Lipinski definition) is 3. The van der Waals surface area contributed by atoms with E-state index >= 15 is 0 Å². The van der Waals surface area contributed by atoms with Gasteiger partial charge in [0, 0.05) is 0 Å². The van der Waals surface area contributed by atoms with Crippen molar-refractivity contribution in [2.75, 3.05) is 0 Å². The lowest BCUT2D eigenvalue weighted by Gasteiger charge is -2.20. The van der Waals surface area contributed by atoms with Gasteiger partial charge in [-0.1, -0.05) is 6.42 Å². The van der Waals surface area contributed by atoms with Crippen LogP contribution in [-0.2, 0) is 9.53 Å². The van der Waals surface area contributed by atoms with Crippen LogP contribution in [0.15, 0.2) is 0 Å². The second-order valence-corrected chi connectivity index (χ2v) is 2.84. The zero-order chi connectivity index (χ0) is 8.10. The first-order valence-electron chi connectivity index (χ1n) is 4.04. The summed E-state index contributed by atoms with van der Waals surface area (Å²) in [4.78, 5) is 10.6. The maximum Gasteiger partial charge on any atom is 0.348 e. The molecule has 1 N–H and O–H groups in total. The van der Waals surface area contributed by atoms with Crippen LogP contribution in [0.1, 0.15) is 32.1 Å². The maximum atomic E-state index is 10.6. The highest BCUT2D eigenvalue weighted by Gasteiger charge is 2.15. The van der Waals surface area contributed by atoms with E-state index in [1.165, 1.54) is 6.42 Å². The van der Waals surface area contributed by atoms with E-state index in [1.807, 2.05) is 0 Å². The summed E-state index contributed by atoms with van der Waals surface area (Å²) in [7, 11) is 0. The minimum atomic E-state index is -0.503. The van der Waals surface area contributed by atoms with Gasteiger partial charge < -0.3 is 10.1 Å². The first-order valence-corrected chi connectivity index (χ1v) is 4.04. The Labute approximate surface area is 66.2 Å². The van der Waals surface area contributed by atoms with Gasteiger partial charge in [0.15, 0.2) is 0 Å². The lowest BCUT2D eigenvalue weighted by atomic mass is 9.98. The van der Waals surface area contributed by atoms with Crippen LogP contribution in [-0.4, -0.2) is 18.3 Å². The van der Waals surface area contributed by atoms with Gasteiger partial charge >= 0.3 is 5.97 Å².